The SMILES string of the molecule is CCOCC(C)NS(=O)(=O)c1cc(N)ccc1Br. The third kappa shape index (κ3) is 4.24. The first-order valence-electron chi connectivity index (χ1n) is 5.52. The van der Waals surface area contributed by atoms with E-state index in [0.29, 0.717) is 23.4 Å². The molecule has 102 valence electrons. The number of nitrogen functional groups attached to an aromatic ring is 1. The second-order valence-corrected chi connectivity index (χ2v) is 6.41. The average Bonchev–Trinajstić information content (AvgIpc) is 2.29. The zero-order chi connectivity index (χ0) is 13.8. The van der Waals surface area contributed by atoms with E-state index in [1.165, 1.54) is 6.07 Å². The Bertz CT molecular complexity index is 505. The van der Waals surface area contributed by atoms with Crippen LogP contribution in [0.5, 0.6) is 0 Å². The highest BCUT2D eigenvalue weighted by molar-refractivity contribution is 9.10. The zero-order valence-electron chi connectivity index (χ0n) is 10.3. The van der Waals surface area contributed by atoms with E-state index in [9.17, 15) is 8.42 Å². The van der Waals surface area contributed by atoms with E-state index in [2.05, 4.69) is 20.7 Å². The second kappa shape index (κ2) is 6.51. The molecular weight excluding hydrogens is 320 g/mol. The van der Waals surface area contributed by atoms with E-state index in [0.717, 1.165) is 0 Å². The summed E-state index contributed by atoms with van der Waals surface area (Å²) in [5.74, 6) is 0. The predicted octanol–water partition coefficient (Wildman–Crippen LogP) is 1.73. The molecular formula is C11H17BrN2O3S. The van der Waals surface area contributed by atoms with E-state index in [1.807, 2.05) is 6.92 Å². The van der Waals surface area contributed by atoms with Gasteiger partial charge >= 0.3 is 0 Å². The van der Waals surface area contributed by atoms with Crippen LogP contribution in [0.2, 0.25) is 0 Å². The number of anilines is 1. The first-order valence-corrected chi connectivity index (χ1v) is 7.79. The van der Waals surface area contributed by atoms with Gasteiger partial charge in [0.1, 0.15) is 0 Å². The van der Waals surface area contributed by atoms with E-state index >= 15 is 0 Å². The number of ether oxygens (including phenoxy) is 1. The summed E-state index contributed by atoms with van der Waals surface area (Å²) in [5, 5.41) is 0. The normalized spacial score (nSPS) is 13.5. The van der Waals surface area contributed by atoms with E-state index < -0.39 is 10.0 Å². The molecule has 0 aliphatic rings. The molecule has 7 heteroatoms. The lowest BCUT2D eigenvalue weighted by molar-refractivity contribution is 0.133. The largest absolute Gasteiger partial charge is 0.399 e. The first kappa shape index (κ1) is 15.4. The van der Waals surface area contributed by atoms with Gasteiger partial charge in [0.2, 0.25) is 10.0 Å². The van der Waals surface area contributed by atoms with Gasteiger partial charge in [-0.05, 0) is 48.0 Å². The van der Waals surface area contributed by atoms with Crippen LogP contribution in [0.3, 0.4) is 0 Å². The quantitative estimate of drug-likeness (QED) is 0.775. The standard InChI is InChI=1S/C11H17BrN2O3S/c1-3-17-7-8(2)14-18(15,16)11-6-9(13)4-5-10(11)12/h4-6,8,14H,3,7,13H2,1-2H3. The molecule has 0 saturated carbocycles. The summed E-state index contributed by atoms with van der Waals surface area (Å²) in [6, 6.07) is 4.35. The van der Waals surface area contributed by atoms with Crippen LogP contribution >= 0.6 is 15.9 Å². The van der Waals surface area contributed by atoms with Crippen molar-refractivity contribution in [3.8, 4) is 0 Å². The second-order valence-electron chi connectivity index (χ2n) is 3.87. The maximum Gasteiger partial charge on any atom is 0.242 e. The topological polar surface area (TPSA) is 81.4 Å². The summed E-state index contributed by atoms with van der Waals surface area (Å²) < 4.78 is 32.4. The van der Waals surface area contributed by atoms with Gasteiger partial charge in [0.05, 0.1) is 11.5 Å². The van der Waals surface area contributed by atoms with Crippen molar-refractivity contribution in [2.75, 3.05) is 18.9 Å². The van der Waals surface area contributed by atoms with Gasteiger partial charge in [-0.3, -0.25) is 0 Å². The summed E-state index contributed by atoms with van der Waals surface area (Å²) in [6.07, 6.45) is 0. The van der Waals surface area contributed by atoms with Crippen molar-refractivity contribution in [1.82, 2.24) is 4.72 Å². The summed E-state index contributed by atoms with van der Waals surface area (Å²) in [7, 11) is -3.60. The molecule has 0 aliphatic carbocycles. The number of nitrogens with one attached hydrogen (secondary N) is 1. The Morgan fingerprint density at radius 2 is 2.17 bits per heavy atom. The fourth-order valence-electron chi connectivity index (χ4n) is 1.38. The fraction of sp³-hybridized carbons (Fsp3) is 0.455. The molecule has 0 amide bonds. The number of nitrogens with two attached hydrogens (primary N) is 1. The monoisotopic (exact) mass is 336 g/mol. The fourth-order valence-corrected chi connectivity index (χ4v) is 3.61. The molecule has 1 atom stereocenters. The molecule has 0 aromatic heterocycles. The molecule has 1 rings (SSSR count). The van der Waals surface area contributed by atoms with E-state index in [4.69, 9.17) is 10.5 Å². The molecule has 1 aromatic carbocycles. The van der Waals surface area contributed by atoms with Crippen molar-refractivity contribution >= 4 is 31.6 Å². The van der Waals surface area contributed by atoms with Crippen LogP contribution in [-0.4, -0.2) is 27.7 Å². The Labute approximate surface area is 116 Å². The van der Waals surface area contributed by atoms with Gasteiger partial charge in [-0.25, -0.2) is 13.1 Å². The minimum Gasteiger partial charge on any atom is -0.399 e. The molecule has 0 radical (unpaired) electrons. The van der Waals surface area contributed by atoms with E-state index in [-0.39, 0.29) is 10.9 Å². The molecule has 0 fully saturated rings. The van der Waals surface area contributed by atoms with Gasteiger partial charge < -0.3 is 10.5 Å². The summed E-state index contributed by atoms with van der Waals surface area (Å²) >= 11 is 3.20. The summed E-state index contributed by atoms with van der Waals surface area (Å²) in [4.78, 5) is 0.130. The minimum absolute atomic E-state index is 0.130. The van der Waals surface area contributed by atoms with Crippen molar-refractivity contribution < 1.29 is 13.2 Å². The third-order valence-corrected chi connectivity index (χ3v) is 4.76. The first-order chi connectivity index (χ1) is 8.36. The molecule has 18 heavy (non-hydrogen) atoms. The lowest BCUT2D eigenvalue weighted by atomic mass is 10.3. The maximum atomic E-state index is 12.1. The van der Waals surface area contributed by atoms with E-state index in [1.54, 1.807) is 19.1 Å². The van der Waals surface area contributed by atoms with Crippen LogP contribution in [0.1, 0.15) is 13.8 Å². The van der Waals surface area contributed by atoms with Gasteiger partial charge in [-0.15, -0.1) is 0 Å². The highest BCUT2D eigenvalue weighted by Gasteiger charge is 2.20. The Morgan fingerprint density at radius 1 is 1.50 bits per heavy atom. The van der Waals surface area contributed by atoms with Crippen LogP contribution in [0.25, 0.3) is 0 Å². The van der Waals surface area contributed by atoms with Gasteiger partial charge in [0.15, 0.2) is 0 Å². The molecule has 0 spiro atoms. The van der Waals surface area contributed by atoms with Crippen LogP contribution in [0.15, 0.2) is 27.6 Å². The number of sulfonamides is 1. The maximum absolute atomic E-state index is 12.1. The highest BCUT2D eigenvalue weighted by Crippen LogP contribution is 2.24. The molecule has 0 bridgehead atoms. The van der Waals surface area contributed by atoms with Crippen LogP contribution in [-0.2, 0) is 14.8 Å². The third-order valence-electron chi connectivity index (χ3n) is 2.17. The van der Waals surface area contributed by atoms with Crippen LogP contribution < -0.4 is 10.5 Å². The van der Waals surface area contributed by atoms with Crippen LogP contribution in [0, 0.1) is 0 Å². The Balaban J connectivity index is 2.89. The molecule has 3 N–H and O–H groups in total. The molecule has 1 aromatic rings. The number of hydrogen-bond acceptors (Lipinski definition) is 4. The summed E-state index contributed by atoms with van der Waals surface area (Å²) in [6.45, 7) is 4.48. The predicted molar refractivity (Wildman–Crippen MR) is 74.8 cm³/mol. The van der Waals surface area contributed by atoms with Gasteiger partial charge in [0.25, 0.3) is 0 Å². The lowest BCUT2D eigenvalue weighted by Crippen LogP contribution is -2.36. The van der Waals surface area contributed by atoms with Crippen molar-refractivity contribution in [3.05, 3.63) is 22.7 Å². The van der Waals surface area contributed by atoms with Crippen molar-refractivity contribution in [2.45, 2.75) is 24.8 Å². The smallest absolute Gasteiger partial charge is 0.242 e. The van der Waals surface area contributed by atoms with Crippen LogP contribution in [0.4, 0.5) is 5.69 Å². The lowest BCUT2D eigenvalue weighted by Gasteiger charge is -2.15. The Hall–Kier alpha value is -0.630. The number of hydrogen-bond donors (Lipinski definition) is 2. The number of benzene rings is 1. The molecule has 0 aliphatic heterocycles. The molecule has 1 unspecified atom stereocenters. The zero-order valence-corrected chi connectivity index (χ0v) is 12.7. The van der Waals surface area contributed by atoms with Crippen molar-refractivity contribution in [1.29, 1.82) is 0 Å². The highest BCUT2D eigenvalue weighted by atomic mass is 79.9. The molecule has 0 heterocycles. The minimum atomic E-state index is -3.60. The van der Waals surface area contributed by atoms with Crippen molar-refractivity contribution in [3.63, 3.8) is 0 Å². The average molecular weight is 337 g/mol. The number of halogens is 1. The number of rotatable bonds is 6. The van der Waals surface area contributed by atoms with Gasteiger partial charge in [-0.1, -0.05) is 0 Å². The van der Waals surface area contributed by atoms with Gasteiger partial charge in [-0.2, -0.15) is 0 Å². The van der Waals surface area contributed by atoms with Crippen molar-refractivity contribution in [2.24, 2.45) is 0 Å². The Kier molecular flexibility index (Phi) is 5.58. The van der Waals surface area contributed by atoms with Gasteiger partial charge in [0, 0.05) is 22.8 Å². The summed E-state index contributed by atoms with van der Waals surface area (Å²) in [5.41, 5.74) is 6.00. The Morgan fingerprint density at radius 3 is 2.78 bits per heavy atom. The molecule has 5 nitrogen and oxygen atoms in total. The molecule has 0 saturated heterocycles.